The summed E-state index contributed by atoms with van der Waals surface area (Å²) in [5.74, 6) is 0.283. The van der Waals surface area contributed by atoms with Crippen LogP contribution in [0, 0.1) is 0 Å². The number of aryl methyl sites for hydroxylation is 1. The van der Waals surface area contributed by atoms with Gasteiger partial charge in [-0.2, -0.15) is 0 Å². The Bertz CT molecular complexity index is 1010. The van der Waals surface area contributed by atoms with Crippen molar-refractivity contribution in [1.29, 1.82) is 0 Å². The summed E-state index contributed by atoms with van der Waals surface area (Å²) in [7, 11) is -2.37. The molecule has 0 spiro atoms. The minimum absolute atomic E-state index is 0.0849. The van der Waals surface area contributed by atoms with E-state index >= 15 is 0 Å². The first kappa shape index (κ1) is 18.8. The number of hydrogen-bond acceptors (Lipinski definition) is 5. The summed E-state index contributed by atoms with van der Waals surface area (Å²) in [5, 5.41) is 13.3. The average Bonchev–Trinajstić information content (AvgIpc) is 3.10. The van der Waals surface area contributed by atoms with Crippen LogP contribution in [0.2, 0.25) is 0 Å². The third-order valence-electron chi connectivity index (χ3n) is 4.26. The second kappa shape index (κ2) is 7.75. The lowest BCUT2D eigenvalue weighted by Crippen LogP contribution is -2.29. The van der Waals surface area contributed by atoms with Crippen LogP contribution in [0.3, 0.4) is 0 Å². The van der Waals surface area contributed by atoms with Crippen molar-refractivity contribution in [3.63, 3.8) is 0 Å². The van der Waals surface area contributed by atoms with Crippen LogP contribution in [0.4, 0.5) is 0 Å². The summed E-state index contributed by atoms with van der Waals surface area (Å²) in [6.07, 6.45) is -0.211. The minimum atomic E-state index is -3.81. The fourth-order valence-corrected chi connectivity index (χ4v) is 5.05. The predicted octanol–water partition coefficient (Wildman–Crippen LogP) is 3.48. The second-order valence-electron chi connectivity index (χ2n) is 5.89. The molecule has 138 valence electrons. The van der Waals surface area contributed by atoms with Gasteiger partial charge in [0.05, 0.1) is 13.2 Å². The number of sulfonamides is 1. The summed E-state index contributed by atoms with van der Waals surface area (Å²) in [6, 6.07) is 12.8. The van der Waals surface area contributed by atoms with Crippen LogP contribution in [0.25, 0.3) is 10.1 Å². The minimum Gasteiger partial charge on any atom is -0.495 e. The molecule has 26 heavy (non-hydrogen) atoms. The first-order chi connectivity index (χ1) is 12.5. The highest BCUT2D eigenvalue weighted by Gasteiger charge is 2.22. The molecule has 7 heteroatoms. The topological polar surface area (TPSA) is 75.6 Å². The summed E-state index contributed by atoms with van der Waals surface area (Å²) in [6.45, 7) is 1.85. The molecule has 0 bridgehead atoms. The van der Waals surface area contributed by atoms with Crippen LogP contribution < -0.4 is 9.46 Å². The Kier molecular flexibility index (Phi) is 5.62. The molecule has 2 N–H and O–H groups in total. The summed E-state index contributed by atoms with van der Waals surface area (Å²) in [5.41, 5.74) is 1.62. The summed E-state index contributed by atoms with van der Waals surface area (Å²) < 4.78 is 34.2. The van der Waals surface area contributed by atoms with Crippen molar-refractivity contribution in [2.24, 2.45) is 0 Å². The van der Waals surface area contributed by atoms with E-state index in [1.165, 1.54) is 18.4 Å². The van der Waals surface area contributed by atoms with E-state index in [9.17, 15) is 13.5 Å². The van der Waals surface area contributed by atoms with Crippen molar-refractivity contribution in [3.8, 4) is 5.75 Å². The van der Waals surface area contributed by atoms with Crippen LogP contribution >= 0.6 is 11.3 Å². The van der Waals surface area contributed by atoms with Gasteiger partial charge in [0.25, 0.3) is 0 Å². The Morgan fingerprint density at radius 1 is 1.23 bits per heavy atom. The van der Waals surface area contributed by atoms with Gasteiger partial charge in [-0.15, -0.1) is 11.3 Å². The van der Waals surface area contributed by atoms with Crippen LogP contribution in [0.1, 0.15) is 24.2 Å². The summed E-state index contributed by atoms with van der Waals surface area (Å²) in [4.78, 5) is 0.0849. The Morgan fingerprint density at radius 3 is 2.73 bits per heavy atom. The largest absolute Gasteiger partial charge is 0.495 e. The Hall–Kier alpha value is -1.93. The van der Waals surface area contributed by atoms with Gasteiger partial charge in [-0.05, 0) is 40.9 Å². The number of ether oxygens (including phenoxy) is 1. The van der Waals surface area contributed by atoms with Gasteiger partial charge in [-0.1, -0.05) is 31.2 Å². The molecule has 1 aromatic heterocycles. The standard InChI is InChI=1S/C19H21NO4S2/c1-3-13-8-9-17(24-2)19(10-13)26(22,23)20-11-16(21)15-12-25-18-7-5-4-6-14(15)18/h4-10,12,16,20-21H,3,11H2,1-2H3. The molecule has 0 aliphatic carbocycles. The van der Waals surface area contributed by atoms with Gasteiger partial charge >= 0.3 is 0 Å². The first-order valence-corrected chi connectivity index (χ1v) is 10.6. The molecule has 0 radical (unpaired) electrons. The Balaban J connectivity index is 1.82. The molecule has 0 saturated carbocycles. The third kappa shape index (κ3) is 3.76. The molecule has 1 heterocycles. The molecule has 0 aliphatic heterocycles. The van der Waals surface area contributed by atoms with Crippen molar-refractivity contribution in [2.45, 2.75) is 24.3 Å². The Morgan fingerprint density at radius 2 is 2.00 bits per heavy atom. The monoisotopic (exact) mass is 391 g/mol. The number of aliphatic hydroxyl groups is 1. The van der Waals surface area contributed by atoms with E-state index in [1.807, 2.05) is 42.6 Å². The lowest BCUT2D eigenvalue weighted by atomic mass is 10.1. The van der Waals surface area contributed by atoms with Crippen LogP contribution in [0.5, 0.6) is 5.75 Å². The molecule has 1 unspecified atom stereocenters. The van der Waals surface area contributed by atoms with E-state index in [2.05, 4.69) is 4.72 Å². The average molecular weight is 392 g/mol. The number of methoxy groups -OCH3 is 1. The fourth-order valence-electron chi connectivity index (χ4n) is 2.78. The maximum atomic E-state index is 12.7. The summed E-state index contributed by atoms with van der Waals surface area (Å²) >= 11 is 1.53. The van der Waals surface area contributed by atoms with Gasteiger partial charge in [0.15, 0.2) is 0 Å². The molecule has 0 amide bonds. The highest BCUT2D eigenvalue weighted by molar-refractivity contribution is 7.89. The zero-order chi connectivity index (χ0) is 18.7. The molecule has 3 rings (SSSR count). The molecule has 3 aromatic rings. The van der Waals surface area contributed by atoms with E-state index in [-0.39, 0.29) is 17.2 Å². The predicted molar refractivity (Wildman–Crippen MR) is 104 cm³/mol. The SMILES string of the molecule is CCc1ccc(OC)c(S(=O)(=O)NCC(O)c2csc3ccccc23)c1. The second-order valence-corrected chi connectivity index (χ2v) is 8.54. The van der Waals surface area contributed by atoms with E-state index in [4.69, 9.17) is 4.74 Å². The molecular weight excluding hydrogens is 370 g/mol. The molecule has 5 nitrogen and oxygen atoms in total. The lowest BCUT2D eigenvalue weighted by molar-refractivity contribution is 0.184. The van der Waals surface area contributed by atoms with Gasteiger partial charge in [0.2, 0.25) is 10.0 Å². The first-order valence-electron chi connectivity index (χ1n) is 8.27. The van der Waals surface area contributed by atoms with Gasteiger partial charge in [0.1, 0.15) is 10.6 Å². The maximum Gasteiger partial charge on any atom is 0.244 e. The van der Waals surface area contributed by atoms with Gasteiger partial charge in [0, 0.05) is 16.8 Å². The van der Waals surface area contributed by atoms with Crippen molar-refractivity contribution in [3.05, 3.63) is 59.0 Å². The van der Waals surface area contributed by atoms with Crippen molar-refractivity contribution < 1.29 is 18.3 Å². The lowest BCUT2D eigenvalue weighted by Gasteiger charge is -2.14. The highest BCUT2D eigenvalue weighted by Crippen LogP contribution is 2.30. The zero-order valence-corrected chi connectivity index (χ0v) is 16.2. The van der Waals surface area contributed by atoms with Crippen LogP contribution in [-0.4, -0.2) is 27.2 Å². The number of hydrogen-bond donors (Lipinski definition) is 2. The van der Waals surface area contributed by atoms with Gasteiger partial charge in [-0.25, -0.2) is 13.1 Å². The van der Waals surface area contributed by atoms with Crippen molar-refractivity contribution in [2.75, 3.05) is 13.7 Å². The quantitative estimate of drug-likeness (QED) is 0.646. The number of benzene rings is 2. The van der Waals surface area contributed by atoms with Gasteiger partial charge in [-0.3, -0.25) is 0 Å². The molecule has 0 saturated heterocycles. The van der Waals surface area contributed by atoms with Gasteiger partial charge < -0.3 is 9.84 Å². The number of nitrogens with one attached hydrogen (secondary N) is 1. The van der Waals surface area contributed by atoms with Crippen LogP contribution in [-0.2, 0) is 16.4 Å². The molecule has 2 aromatic carbocycles. The fraction of sp³-hybridized carbons (Fsp3) is 0.263. The Labute approximate surface area is 157 Å². The molecular formula is C19H21NO4S2. The molecule has 0 aliphatic rings. The smallest absolute Gasteiger partial charge is 0.244 e. The van der Waals surface area contributed by atoms with E-state index in [1.54, 1.807) is 12.1 Å². The van der Waals surface area contributed by atoms with Crippen LogP contribution in [0.15, 0.2) is 52.7 Å². The van der Waals surface area contributed by atoms with E-state index < -0.39 is 16.1 Å². The number of thiophene rings is 1. The highest BCUT2D eigenvalue weighted by atomic mass is 32.2. The third-order valence-corrected chi connectivity index (χ3v) is 6.69. The van der Waals surface area contributed by atoms with Crippen molar-refractivity contribution in [1.82, 2.24) is 4.72 Å². The molecule has 0 fully saturated rings. The number of aliphatic hydroxyl groups excluding tert-OH is 1. The maximum absolute atomic E-state index is 12.7. The number of fused-ring (bicyclic) bond motifs is 1. The van der Waals surface area contributed by atoms with E-state index in [0.29, 0.717) is 0 Å². The van der Waals surface area contributed by atoms with Crippen molar-refractivity contribution >= 4 is 31.4 Å². The normalized spacial score (nSPS) is 13.0. The molecule has 1 atom stereocenters. The number of rotatable bonds is 7. The van der Waals surface area contributed by atoms with E-state index in [0.717, 1.165) is 27.6 Å². The zero-order valence-electron chi connectivity index (χ0n) is 14.6.